The van der Waals surface area contributed by atoms with E-state index in [4.69, 9.17) is 4.74 Å². The van der Waals surface area contributed by atoms with Crippen LogP contribution in [0.5, 0.6) is 0 Å². The van der Waals surface area contributed by atoms with Crippen LogP contribution in [0, 0.1) is 5.92 Å². The molecule has 2 aliphatic heterocycles. The van der Waals surface area contributed by atoms with Crippen molar-refractivity contribution in [3.63, 3.8) is 0 Å². The van der Waals surface area contributed by atoms with Crippen molar-refractivity contribution in [3.05, 3.63) is 18.5 Å². The van der Waals surface area contributed by atoms with Gasteiger partial charge in [0.25, 0.3) is 0 Å². The van der Waals surface area contributed by atoms with Crippen LogP contribution in [-0.2, 0) is 9.53 Å². The normalized spacial score (nSPS) is 19.0. The van der Waals surface area contributed by atoms with Gasteiger partial charge in [-0.1, -0.05) is 0 Å². The molecule has 2 fully saturated rings. The highest BCUT2D eigenvalue weighted by atomic mass is 16.6. The van der Waals surface area contributed by atoms with Crippen LogP contribution in [0.2, 0.25) is 0 Å². The summed E-state index contributed by atoms with van der Waals surface area (Å²) < 4.78 is 5.02. The molecule has 8 nitrogen and oxygen atoms in total. The molecule has 136 valence electrons. The fraction of sp³-hybridized carbons (Fsp3) is 0.647. The lowest BCUT2D eigenvalue weighted by molar-refractivity contribution is -0.137. The van der Waals surface area contributed by atoms with Gasteiger partial charge in [0.05, 0.1) is 6.61 Å². The summed E-state index contributed by atoms with van der Waals surface area (Å²) in [5.74, 6) is 0.930. The number of aromatic nitrogens is 2. The van der Waals surface area contributed by atoms with E-state index >= 15 is 0 Å². The van der Waals surface area contributed by atoms with Crippen molar-refractivity contribution in [2.24, 2.45) is 5.92 Å². The third kappa shape index (κ3) is 4.18. The second-order valence-electron chi connectivity index (χ2n) is 6.32. The average Bonchev–Trinajstić information content (AvgIpc) is 2.68. The summed E-state index contributed by atoms with van der Waals surface area (Å²) in [6.45, 7) is 6.24. The number of ether oxygens (including phenoxy) is 1. The van der Waals surface area contributed by atoms with Gasteiger partial charge in [0, 0.05) is 57.6 Å². The van der Waals surface area contributed by atoms with E-state index < -0.39 is 0 Å². The molecule has 0 atom stereocenters. The predicted molar refractivity (Wildman–Crippen MR) is 92.1 cm³/mol. The second kappa shape index (κ2) is 8.13. The lowest BCUT2D eigenvalue weighted by Gasteiger charge is -2.38. The minimum absolute atomic E-state index is 0.00482. The van der Waals surface area contributed by atoms with E-state index in [0.29, 0.717) is 45.6 Å². The van der Waals surface area contributed by atoms with E-state index in [1.165, 1.54) is 0 Å². The zero-order valence-electron chi connectivity index (χ0n) is 14.6. The molecule has 1 aromatic rings. The van der Waals surface area contributed by atoms with Crippen molar-refractivity contribution in [2.75, 3.05) is 50.8 Å². The number of hydrogen-bond donors (Lipinski definition) is 0. The van der Waals surface area contributed by atoms with Crippen LogP contribution in [0.25, 0.3) is 0 Å². The molecule has 0 saturated carbocycles. The molecule has 2 aliphatic rings. The summed E-state index contributed by atoms with van der Waals surface area (Å²) in [7, 11) is 0. The van der Waals surface area contributed by atoms with Gasteiger partial charge in [0.2, 0.25) is 11.9 Å². The van der Waals surface area contributed by atoms with E-state index in [-0.39, 0.29) is 17.9 Å². The first-order valence-electron chi connectivity index (χ1n) is 8.91. The number of amides is 2. The van der Waals surface area contributed by atoms with E-state index in [0.717, 1.165) is 19.0 Å². The summed E-state index contributed by atoms with van der Waals surface area (Å²) >= 11 is 0. The Hall–Kier alpha value is -2.38. The molecule has 0 bridgehead atoms. The third-order valence-corrected chi connectivity index (χ3v) is 4.80. The first-order valence-corrected chi connectivity index (χ1v) is 8.91. The molecular formula is C17H25N5O3. The van der Waals surface area contributed by atoms with E-state index in [1.807, 2.05) is 4.90 Å². The molecule has 0 aromatic carbocycles. The Bertz CT molecular complexity index is 581. The zero-order valence-corrected chi connectivity index (χ0v) is 14.6. The Morgan fingerprint density at radius 1 is 1.04 bits per heavy atom. The summed E-state index contributed by atoms with van der Waals surface area (Å²) in [5.41, 5.74) is 0. The molecule has 3 rings (SSSR count). The average molecular weight is 347 g/mol. The summed E-state index contributed by atoms with van der Waals surface area (Å²) in [6, 6.07) is 1.80. The Morgan fingerprint density at radius 3 is 2.28 bits per heavy atom. The van der Waals surface area contributed by atoms with Crippen LogP contribution in [0.1, 0.15) is 19.8 Å². The van der Waals surface area contributed by atoms with Crippen LogP contribution in [0.4, 0.5) is 10.7 Å². The maximum absolute atomic E-state index is 12.7. The Balaban J connectivity index is 1.46. The van der Waals surface area contributed by atoms with Crippen molar-refractivity contribution < 1.29 is 14.3 Å². The fourth-order valence-electron chi connectivity index (χ4n) is 3.36. The van der Waals surface area contributed by atoms with Gasteiger partial charge in [-0.05, 0) is 25.8 Å². The summed E-state index contributed by atoms with van der Waals surface area (Å²) in [6.07, 6.45) is 4.61. The molecule has 2 amide bonds. The van der Waals surface area contributed by atoms with Gasteiger partial charge >= 0.3 is 6.09 Å². The van der Waals surface area contributed by atoms with Crippen LogP contribution >= 0.6 is 0 Å². The van der Waals surface area contributed by atoms with E-state index in [1.54, 1.807) is 30.3 Å². The maximum Gasteiger partial charge on any atom is 0.409 e. The second-order valence-corrected chi connectivity index (χ2v) is 6.32. The number of nitrogens with zero attached hydrogens (tertiary/aromatic N) is 5. The van der Waals surface area contributed by atoms with Crippen molar-refractivity contribution in [1.82, 2.24) is 19.8 Å². The van der Waals surface area contributed by atoms with Gasteiger partial charge in [0.1, 0.15) is 0 Å². The minimum Gasteiger partial charge on any atom is -0.450 e. The van der Waals surface area contributed by atoms with Crippen LogP contribution in [-0.4, -0.2) is 77.6 Å². The number of carbonyl (C=O) groups excluding carboxylic acids is 2. The highest BCUT2D eigenvalue weighted by Gasteiger charge is 2.32. The number of hydrogen-bond acceptors (Lipinski definition) is 6. The standard InChI is InChI=1S/C17H25N5O3/c1-2-25-17(24)22-8-4-14(5-9-22)15(23)20-10-12-21(13-11-20)16-18-6-3-7-19-16/h3,6-7,14H,2,4-5,8-13H2,1H3. The molecule has 0 aliphatic carbocycles. The van der Waals surface area contributed by atoms with Crippen molar-refractivity contribution >= 4 is 17.9 Å². The highest BCUT2D eigenvalue weighted by Crippen LogP contribution is 2.21. The quantitative estimate of drug-likeness (QED) is 0.811. The zero-order chi connectivity index (χ0) is 17.6. The highest BCUT2D eigenvalue weighted by molar-refractivity contribution is 5.79. The van der Waals surface area contributed by atoms with Crippen molar-refractivity contribution in [2.45, 2.75) is 19.8 Å². The Morgan fingerprint density at radius 2 is 1.68 bits per heavy atom. The van der Waals surface area contributed by atoms with Crippen LogP contribution in [0.3, 0.4) is 0 Å². The van der Waals surface area contributed by atoms with E-state index in [9.17, 15) is 9.59 Å². The van der Waals surface area contributed by atoms with Crippen molar-refractivity contribution in [1.29, 1.82) is 0 Å². The summed E-state index contributed by atoms with van der Waals surface area (Å²) in [5, 5.41) is 0. The predicted octanol–water partition coefficient (Wildman–Crippen LogP) is 0.994. The molecule has 0 N–H and O–H groups in total. The lowest BCUT2D eigenvalue weighted by Crippen LogP contribution is -2.52. The van der Waals surface area contributed by atoms with Crippen LogP contribution < -0.4 is 4.90 Å². The first kappa shape index (κ1) is 17.4. The number of piperazine rings is 1. The van der Waals surface area contributed by atoms with Crippen LogP contribution in [0.15, 0.2) is 18.5 Å². The molecule has 0 radical (unpaired) electrons. The van der Waals surface area contributed by atoms with Gasteiger partial charge in [-0.2, -0.15) is 0 Å². The SMILES string of the molecule is CCOC(=O)N1CCC(C(=O)N2CCN(c3ncccn3)CC2)CC1. The summed E-state index contributed by atoms with van der Waals surface area (Å²) in [4.78, 5) is 38.7. The molecule has 8 heteroatoms. The Labute approximate surface area is 147 Å². The Kier molecular flexibility index (Phi) is 5.67. The minimum atomic E-state index is -0.273. The number of rotatable bonds is 3. The first-order chi connectivity index (χ1) is 12.2. The van der Waals surface area contributed by atoms with E-state index in [2.05, 4.69) is 14.9 Å². The molecule has 0 spiro atoms. The smallest absolute Gasteiger partial charge is 0.409 e. The molecule has 1 aromatic heterocycles. The lowest BCUT2D eigenvalue weighted by atomic mass is 9.95. The molecule has 2 saturated heterocycles. The van der Waals surface area contributed by atoms with Gasteiger partial charge in [-0.15, -0.1) is 0 Å². The van der Waals surface area contributed by atoms with Gasteiger partial charge in [-0.3, -0.25) is 4.79 Å². The van der Waals surface area contributed by atoms with Crippen molar-refractivity contribution in [3.8, 4) is 0 Å². The van der Waals surface area contributed by atoms with Gasteiger partial charge in [0.15, 0.2) is 0 Å². The topological polar surface area (TPSA) is 78.9 Å². The van der Waals surface area contributed by atoms with Gasteiger partial charge in [-0.25, -0.2) is 14.8 Å². The molecule has 0 unspecified atom stereocenters. The largest absolute Gasteiger partial charge is 0.450 e. The number of anilines is 1. The molecule has 3 heterocycles. The molecular weight excluding hydrogens is 322 g/mol. The third-order valence-electron chi connectivity index (χ3n) is 4.80. The number of carbonyl (C=O) groups is 2. The maximum atomic E-state index is 12.7. The monoisotopic (exact) mass is 347 g/mol. The number of piperidine rings is 1. The number of likely N-dealkylation sites (tertiary alicyclic amines) is 1. The molecule has 25 heavy (non-hydrogen) atoms. The fourth-order valence-corrected chi connectivity index (χ4v) is 3.36. The van der Waals surface area contributed by atoms with Gasteiger partial charge < -0.3 is 19.4 Å².